The summed E-state index contributed by atoms with van der Waals surface area (Å²) in [6, 6.07) is 13.0. The molecule has 162 valence electrons. The molecule has 1 heterocycles. The van der Waals surface area contributed by atoms with E-state index in [1.165, 1.54) is 6.33 Å². The molecule has 3 aromatic rings. The number of anilines is 2. The monoisotopic (exact) mass is 485 g/mol. The van der Waals surface area contributed by atoms with Crippen LogP contribution in [-0.2, 0) is 4.79 Å². The lowest BCUT2D eigenvalue weighted by Crippen LogP contribution is -2.25. The van der Waals surface area contributed by atoms with Gasteiger partial charge in [0.1, 0.15) is 12.1 Å². The molecule has 0 aliphatic heterocycles. The number of hydroxylamine groups is 1. The maximum Gasteiger partial charge on any atom is 0.253 e. The topological polar surface area (TPSA) is 116 Å². The summed E-state index contributed by atoms with van der Waals surface area (Å²) in [5, 5.41) is 15.5. The lowest BCUT2D eigenvalue weighted by molar-refractivity contribution is -0.129. The zero-order valence-electron chi connectivity index (χ0n) is 16.9. The first-order chi connectivity index (χ1) is 15.1. The van der Waals surface area contributed by atoms with Gasteiger partial charge in [0.2, 0.25) is 5.91 Å². The molecule has 0 spiro atoms. The Bertz CT molecular complexity index is 1060. The third-order valence-electron chi connectivity index (χ3n) is 4.76. The molecule has 0 saturated carbocycles. The smallest absolute Gasteiger partial charge is 0.253 e. The van der Waals surface area contributed by atoms with Gasteiger partial charge in [0.05, 0.1) is 16.8 Å². The van der Waals surface area contributed by atoms with E-state index in [-0.39, 0.29) is 11.8 Å². The van der Waals surface area contributed by atoms with Crippen molar-refractivity contribution in [2.75, 3.05) is 11.9 Å². The molecule has 3 rings (SSSR count). The second-order valence-electron chi connectivity index (χ2n) is 7.01. The van der Waals surface area contributed by atoms with E-state index in [1.807, 2.05) is 36.4 Å². The molecule has 0 atom stereocenters. The van der Waals surface area contributed by atoms with Crippen LogP contribution in [0.2, 0.25) is 0 Å². The minimum absolute atomic E-state index is 0.165. The van der Waals surface area contributed by atoms with Crippen molar-refractivity contribution < 1.29 is 14.8 Å². The van der Waals surface area contributed by atoms with Crippen LogP contribution in [0.3, 0.4) is 0 Å². The third kappa shape index (κ3) is 6.47. The maximum absolute atomic E-state index is 12.7. The number of halogens is 1. The number of nitrogens with zero attached hydrogens (tertiary/aromatic N) is 2. The Kier molecular flexibility index (Phi) is 8.31. The van der Waals surface area contributed by atoms with Gasteiger partial charge in [-0.2, -0.15) is 0 Å². The standard InChI is InChI=1S/C22H24BrN5O3/c23-15-10-11-18-17(13-15)21(26-14-25-18)27-19-8-5-4-7-16(19)22(30)24-12-6-2-1-3-9-20(29)28-31/h4-5,7-8,10-11,13-14,31H,1-3,6,9,12H2,(H,24,30)(H,28,29)(H,25,26,27). The van der Waals surface area contributed by atoms with Crippen molar-refractivity contribution >= 4 is 50.2 Å². The molecule has 31 heavy (non-hydrogen) atoms. The molecule has 8 nitrogen and oxygen atoms in total. The fourth-order valence-corrected chi connectivity index (χ4v) is 3.52. The Hall–Kier alpha value is -3.04. The molecule has 0 unspecified atom stereocenters. The Morgan fingerprint density at radius 3 is 2.65 bits per heavy atom. The molecule has 2 aromatic carbocycles. The Morgan fingerprint density at radius 1 is 1.00 bits per heavy atom. The number of rotatable bonds is 10. The number of fused-ring (bicyclic) bond motifs is 1. The second kappa shape index (κ2) is 11.4. The number of para-hydroxylation sites is 1. The molecule has 4 N–H and O–H groups in total. The fraction of sp³-hybridized carbons (Fsp3) is 0.273. The van der Waals surface area contributed by atoms with E-state index in [0.29, 0.717) is 36.5 Å². The molecule has 0 aliphatic rings. The summed E-state index contributed by atoms with van der Waals surface area (Å²) in [5.41, 5.74) is 3.62. The van der Waals surface area contributed by atoms with Crippen molar-refractivity contribution in [2.24, 2.45) is 0 Å². The largest absolute Gasteiger partial charge is 0.352 e. The highest BCUT2D eigenvalue weighted by Gasteiger charge is 2.13. The first kappa shape index (κ1) is 22.6. The third-order valence-corrected chi connectivity index (χ3v) is 5.26. The van der Waals surface area contributed by atoms with Crippen LogP contribution >= 0.6 is 15.9 Å². The zero-order chi connectivity index (χ0) is 22.1. The number of unbranched alkanes of at least 4 members (excludes halogenated alkanes) is 3. The normalized spacial score (nSPS) is 10.6. The van der Waals surface area contributed by atoms with Crippen molar-refractivity contribution in [3.8, 4) is 0 Å². The van der Waals surface area contributed by atoms with Gasteiger partial charge in [-0.1, -0.05) is 40.9 Å². The van der Waals surface area contributed by atoms with Crippen molar-refractivity contribution in [2.45, 2.75) is 32.1 Å². The predicted molar refractivity (Wildman–Crippen MR) is 122 cm³/mol. The molecule has 0 aliphatic carbocycles. The molecule has 1 aromatic heterocycles. The van der Waals surface area contributed by atoms with Gasteiger partial charge >= 0.3 is 0 Å². The van der Waals surface area contributed by atoms with Crippen LogP contribution in [0.25, 0.3) is 10.9 Å². The Balaban J connectivity index is 1.59. The molecule has 0 radical (unpaired) electrons. The SMILES string of the molecule is O=C(CCCCCCNC(=O)c1ccccc1Nc1ncnc2ccc(Br)cc12)NO. The van der Waals surface area contributed by atoms with Crippen LogP contribution in [0.4, 0.5) is 11.5 Å². The summed E-state index contributed by atoms with van der Waals surface area (Å²) in [4.78, 5) is 32.3. The van der Waals surface area contributed by atoms with Gasteiger partial charge in [-0.3, -0.25) is 14.8 Å². The highest BCUT2D eigenvalue weighted by molar-refractivity contribution is 9.10. The molecule has 0 saturated heterocycles. The summed E-state index contributed by atoms with van der Waals surface area (Å²) < 4.78 is 0.917. The van der Waals surface area contributed by atoms with Crippen LogP contribution in [0.15, 0.2) is 53.3 Å². The summed E-state index contributed by atoms with van der Waals surface area (Å²) in [6.45, 7) is 0.544. The van der Waals surface area contributed by atoms with Crippen LogP contribution in [0.1, 0.15) is 42.5 Å². The number of hydrogen-bond acceptors (Lipinski definition) is 6. The fourth-order valence-electron chi connectivity index (χ4n) is 3.16. The maximum atomic E-state index is 12.7. The highest BCUT2D eigenvalue weighted by atomic mass is 79.9. The van der Waals surface area contributed by atoms with Crippen molar-refractivity contribution in [1.29, 1.82) is 0 Å². The summed E-state index contributed by atoms with van der Waals surface area (Å²) in [6.07, 6.45) is 5.06. The molecule has 2 amide bonds. The van der Waals surface area contributed by atoms with E-state index < -0.39 is 0 Å². The molecular formula is C22H24BrN5O3. The van der Waals surface area contributed by atoms with Crippen molar-refractivity contribution in [1.82, 2.24) is 20.8 Å². The average molecular weight is 486 g/mol. The van der Waals surface area contributed by atoms with Gasteiger partial charge < -0.3 is 10.6 Å². The molecular weight excluding hydrogens is 462 g/mol. The van der Waals surface area contributed by atoms with Gasteiger partial charge in [-0.05, 0) is 43.2 Å². The van der Waals surface area contributed by atoms with E-state index in [0.717, 1.165) is 34.6 Å². The first-order valence-corrected chi connectivity index (χ1v) is 10.8. The van der Waals surface area contributed by atoms with E-state index in [2.05, 4.69) is 36.5 Å². The number of nitrogens with one attached hydrogen (secondary N) is 3. The van der Waals surface area contributed by atoms with E-state index >= 15 is 0 Å². The van der Waals surface area contributed by atoms with Gasteiger partial charge in [0.15, 0.2) is 0 Å². The van der Waals surface area contributed by atoms with Gasteiger partial charge in [0, 0.05) is 22.8 Å². The van der Waals surface area contributed by atoms with Crippen LogP contribution in [-0.4, -0.2) is 33.5 Å². The lowest BCUT2D eigenvalue weighted by Gasteiger charge is -2.13. The molecule has 0 bridgehead atoms. The number of carbonyl (C=O) groups is 2. The second-order valence-corrected chi connectivity index (χ2v) is 7.93. The van der Waals surface area contributed by atoms with Crippen molar-refractivity contribution in [3.63, 3.8) is 0 Å². The van der Waals surface area contributed by atoms with Gasteiger partial charge in [-0.15, -0.1) is 0 Å². The highest BCUT2D eigenvalue weighted by Crippen LogP contribution is 2.27. The first-order valence-electron chi connectivity index (χ1n) is 10.1. The lowest BCUT2D eigenvalue weighted by atomic mass is 10.1. The number of benzene rings is 2. The summed E-state index contributed by atoms with van der Waals surface area (Å²) in [7, 11) is 0. The quantitative estimate of drug-likeness (QED) is 0.193. The number of hydrogen-bond donors (Lipinski definition) is 4. The summed E-state index contributed by atoms with van der Waals surface area (Å²) >= 11 is 3.47. The number of amides is 2. The van der Waals surface area contributed by atoms with Crippen LogP contribution in [0, 0.1) is 0 Å². The minimum Gasteiger partial charge on any atom is -0.352 e. The van der Waals surface area contributed by atoms with Gasteiger partial charge in [-0.25, -0.2) is 15.4 Å². The number of carbonyl (C=O) groups excluding carboxylic acids is 2. The van der Waals surface area contributed by atoms with Crippen LogP contribution < -0.4 is 16.1 Å². The van der Waals surface area contributed by atoms with E-state index in [9.17, 15) is 9.59 Å². The zero-order valence-corrected chi connectivity index (χ0v) is 18.5. The van der Waals surface area contributed by atoms with E-state index in [1.54, 1.807) is 11.5 Å². The van der Waals surface area contributed by atoms with Crippen molar-refractivity contribution in [3.05, 3.63) is 58.8 Å². The predicted octanol–water partition coefficient (Wildman–Crippen LogP) is 4.32. The average Bonchev–Trinajstić information content (AvgIpc) is 2.78. The summed E-state index contributed by atoms with van der Waals surface area (Å²) in [5.74, 6) is 0.0852. The Morgan fingerprint density at radius 2 is 1.81 bits per heavy atom. The van der Waals surface area contributed by atoms with E-state index in [4.69, 9.17) is 5.21 Å². The number of aromatic nitrogens is 2. The van der Waals surface area contributed by atoms with Crippen LogP contribution in [0.5, 0.6) is 0 Å². The molecule has 9 heteroatoms. The Labute approximate surface area is 188 Å². The van der Waals surface area contributed by atoms with Gasteiger partial charge in [0.25, 0.3) is 5.91 Å². The minimum atomic E-state index is -0.374. The molecule has 0 fully saturated rings.